The fourth-order valence-electron chi connectivity index (χ4n) is 2.08. The van der Waals surface area contributed by atoms with Gasteiger partial charge in [-0.05, 0) is 17.9 Å². The fraction of sp³-hybridized carbons (Fsp3) is 0.385. The van der Waals surface area contributed by atoms with Gasteiger partial charge in [-0.2, -0.15) is 0 Å². The molecule has 0 spiro atoms. The minimum absolute atomic E-state index is 0.00540. The highest BCUT2D eigenvalue weighted by molar-refractivity contribution is 7.89. The molecule has 1 unspecified atom stereocenters. The van der Waals surface area contributed by atoms with Gasteiger partial charge < -0.3 is 5.11 Å². The van der Waals surface area contributed by atoms with Crippen molar-refractivity contribution in [3.8, 4) is 0 Å². The molecule has 0 aliphatic heterocycles. The van der Waals surface area contributed by atoms with Crippen LogP contribution in [0.3, 0.4) is 0 Å². The van der Waals surface area contributed by atoms with E-state index in [2.05, 4.69) is 15.0 Å². The number of nitrogens with zero attached hydrogens (tertiary/aromatic N) is 3. The third-order valence-electron chi connectivity index (χ3n) is 3.22. The molecule has 1 heterocycles. The van der Waals surface area contributed by atoms with E-state index in [4.69, 9.17) is 5.11 Å². The zero-order valence-corrected chi connectivity index (χ0v) is 12.5. The minimum atomic E-state index is -3.66. The van der Waals surface area contributed by atoms with Gasteiger partial charge in [-0.3, -0.25) is 0 Å². The highest BCUT2D eigenvalue weighted by Gasteiger charge is 2.21. The molecule has 114 valence electrons. The summed E-state index contributed by atoms with van der Waals surface area (Å²) in [5, 5.41) is 16.3. The number of aromatic nitrogens is 3. The van der Waals surface area contributed by atoms with Crippen molar-refractivity contribution in [2.75, 3.05) is 13.2 Å². The van der Waals surface area contributed by atoms with E-state index in [-0.39, 0.29) is 24.1 Å². The lowest BCUT2D eigenvalue weighted by molar-refractivity contribution is 0.275. The first kappa shape index (κ1) is 15.6. The van der Waals surface area contributed by atoms with Crippen LogP contribution in [0, 0.1) is 0 Å². The lowest BCUT2D eigenvalue weighted by Gasteiger charge is -2.17. The minimum Gasteiger partial charge on any atom is -0.396 e. The van der Waals surface area contributed by atoms with E-state index in [1.807, 2.05) is 30.3 Å². The van der Waals surface area contributed by atoms with Crippen molar-refractivity contribution in [2.24, 2.45) is 7.05 Å². The number of hydrogen-bond acceptors (Lipinski definition) is 5. The Kier molecular flexibility index (Phi) is 5.05. The van der Waals surface area contributed by atoms with Crippen molar-refractivity contribution >= 4 is 10.0 Å². The van der Waals surface area contributed by atoms with Crippen molar-refractivity contribution in [3.05, 3.63) is 42.1 Å². The monoisotopic (exact) mass is 310 g/mol. The number of benzene rings is 1. The van der Waals surface area contributed by atoms with Crippen LogP contribution < -0.4 is 4.72 Å². The number of hydrogen-bond donors (Lipinski definition) is 2. The van der Waals surface area contributed by atoms with Crippen molar-refractivity contribution in [3.63, 3.8) is 0 Å². The van der Waals surface area contributed by atoms with E-state index >= 15 is 0 Å². The molecule has 0 aliphatic carbocycles. The van der Waals surface area contributed by atoms with Crippen molar-refractivity contribution in [1.82, 2.24) is 19.7 Å². The molecule has 0 saturated heterocycles. The standard InChI is InChI=1S/C13H18N4O3S/c1-17-13(10-14-16-17)21(19,20)15-9-12(7-8-18)11-5-3-2-4-6-11/h2-6,10,12,15,18H,7-9H2,1H3. The van der Waals surface area contributed by atoms with Gasteiger partial charge in [0.25, 0.3) is 10.0 Å². The van der Waals surface area contributed by atoms with Crippen LogP contribution in [-0.4, -0.2) is 41.7 Å². The normalized spacial score (nSPS) is 13.2. The molecule has 2 N–H and O–H groups in total. The van der Waals surface area contributed by atoms with Crippen LogP contribution in [0.5, 0.6) is 0 Å². The smallest absolute Gasteiger partial charge is 0.259 e. The second-order valence-corrected chi connectivity index (χ2v) is 6.38. The van der Waals surface area contributed by atoms with E-state index in [1.54, 1.807) is 0 Å². The average molecular weight is 310 g/mol. The lowest BCUT2D eigenvalue weighted by atomic mass is 9.96. The molecule has 7 nitrogen and oxygen atoms in total. The summed E-state index contributed by atoms with van der Waals surface area (Å²) in [6.07, 6.45) is 1.68. The Hall–Kier alpha value is -1.77. The molecule has 0 fully saturated rings. The maximum absolute atomic E-state index is 12.2. The summed E-state index contributed by atoms with van der Waals surface area (Å²) >= 11 is 0. The van der Waals surface area contributed by atoms with Gasteiger partial charge in [0.15, 0.2) is 5.03 Å². The number of sulfonamides is 1. The van der Waals surface area contributed by atoms with Crippen molar-refractivity contribution in [1.29, 1.82) is 0 Å². The summed E-state index contributed by atoms with van der Waals surface area (Å²) in [4.78, 5) is 0. The number of aliphatic hydroxyl groups excluding tert-OH is 1. The molecule has 0 radical (unpaired) electrons. The van der Waals surface area contributed by atoms with Crippen LogP contribution in [0.2, 0.25) is 0 Å². The Morgan fingerprint density at radius 2 is 2.05 bits per heavy atom. The molecule has 0 saturated carbocycles. The zero-order chi connectivity index (χ0) is 15.3. The third kappa shape index (κ3) is 3.87. The Bertz CT molecular complexity index is 670. The number of rotatable bonds is 7. The molecule has 8 heteroatoms. The molecule has 1 aromatic carbocycles. The molecule has 1 aromatic heterocycles. The molecular weight excluding hydrogens is 292 g/mol. The van der Waals surface area contributed by atoms with Crippen molar-refractivity contribution in [2.45, 2.75) is 17.4 Å². The molecule has 2 aromatic rings. The average Bonchev–Trinajstić information content (AvgIpc) is 2.91. The summed E-state index contributed by atoms with van der Waals surface area (Å²) in [5.74, 6) is -0.0906. The predicted molar refractivity (Wildman–Crippen MR) is 77.1 cm³/mol. The van der Waals surface area contributed by atoms with Gasteiger partial charge >= 0.3 is 0 Å². The zero-order valence-electron chi connectivity index (χ0n) is 11.7. The first-order valence-electron chi connectivity index (χ1n) is 6.54. The van der Waals surface area contributed by atoms with Gasteiger partial charge in [0.1, 0.15) is 0 Å². The Balaban J connectivity index is 2.11. The highest BCUT2D eigenvalue weighted by atomic mass is 32.2. The molecular formula is C13H18N4O3S. The Morgan fingerprint density at radius 3 is 2.62 bits per heavy atom. The maximum atomic E-state index is 12.2. The SMILES string of the molecule is Cn1nncc1S(=O)(=O)NCC(CCO)c1ccccc1. The lowest BCUT2D eigenvalue weighted by Crippen LogP contribution is -2.30. The molecule has 0 aliphatic rings. The van der Waals surface area contributed by atoms with Crippen LogP contribution >= 0.6 is 0 Å². The maximum Gasteiger partial charge on any atom is 0.259 e. The largest absolute Gasteiger partial charge is 0.396 e. The number of nitrogens with one attached hydrogen (secondary N) is 1. The summed E-state index contributed by atoms with van der Waals surface area (Å²) in [6, 6.07) is 9.50. The van der Waals surface area contributed by atoms with Gasteiger partial charge in [-0.1, -0.05) is 35.5 Å². The van der Waals surface area contributed by atoms with E-state index in [1.165, 1.54) is 17.9 Å². The fourth-order valence-corrected chi connectivity index (χ4v) is 3.21. The topological polar surface area (TPSA) is 97.1 Å². The van der Waals surface area contributed by atoms with Gasteiger partial charge in [-0.25, -0.2) is 17.8 Å². The quantitative estimate of drug-likeness (QED) is 0.764. The van der Waals surface area contributed by atoms with E-state index in [0.29, 0.717) is 6.42 Å². The van der Waals surface area contributed by atoms with Crippen molar-refractivity contribution < 1.29 is 13.5 Å². The van der Waals surface area contributed by atoms with Crippen LogP contribution in [-0.2, 0) is 17.1 Å². The molecule has 2 rings (SSSR count). The third-order valence-corrected chi connectivity index (χ3v) is 4.68. The second-order valence-electron chi connectivity index (χ2n) is 4.67. The van der Waals surface area contributed by atoms with Gasteiger partial charge in [0.2, 0.25) is 0 Å². The molecule has 21 heavy (non-hydrogen) atoms. The van der Waals surface area contributed by atoms with Crippen LogP contribution in [0.4, 0.5) is 0 Å². The van der Waals surface area contributed by atoms with Crippen LogP contribution in [0.15, 0.2) is 41.6 Å². The van der Waals surface area contributed by atoms with Crippen LogP contribution in [0.25, 0.3) is 0 Å². The van der Waals surface area contributed by atoms with E-state index < -0.39 is 10.0 Å². The molecule has 0 amide bonds. The number of aliphatic hydroxyl groups is 1. The molecule has 1 atom stereocenters. The second kappa shape index (κ2) is 6.79. The van der Waals surface area contributed by atoms with Gasteiger partial charge in [-0.15, -0.1) is 5.10 Å². The van der Waals surface area contributed by atoms with E-state index in [0.717, 1.165) is 5.56 Å². The number of aryl methyl sites for hydroxylation is 1. The summed E-state index contributed by atoms with van der Waals surface area (Å²) in [7, 11) is -2.14. The highest BCUT2D eigenvalue weighted by Crippen LogP contribution is 2.19. The van der Waals surface area contributed by atoms with Gasteiger partial charge in [0, 0.05) is 20.2 Å². The van der Waals surface area contributed by atoms with Gasteiger partial charge in [0.05, 0.1) is 6.20 Å². The first-order chi connectivity index (χ1) is 10.0. The summed E-state index contributed by atoms with van der Waals surface area (Å²) < 4.78 is 28.1. The van der Waals surface area contributed by atoms with Crippen LogP contribution in [0.1, 0.15) is 17.9 Å². The predicted octanol–water partition coefficient (Wildman–Crippen LogP) is 0.260. The Labute approximate surface area is 123 Å². The van der Waals surface area contributed by atoms with E-state index in [9.17, 15) is 8.42 Å². The molecule has 0 bridgehead atoms. The summed E-state index contributed by atoms with van der Waals surface area (Å²) in [6.45, 7) is 0.201. The summed E-state index contributed by atoms with van der Waals surface area (Å²) in [5.41, 5.74) is 0.984. The Morgan fingerprint density at radius 1 is 1.33 bits per heavy atom. The first-order valence-corrected chi connectivity index (χ1v) is 8.03.